The molecule has 0 unspecified atom stereocenters. The van der Waals surface area contributed by atoms with Crippen LogP contribution < -0.4 is 10.7 Å². The fraction of sp³-hybridized carbons (Fsp3) is 0.118. The van der Waals surface area contributed by atoms with Crippen molar-refractivity contribution in [1.29, 1.82) is 0 Å². The maximum atomic E-state index is 12.0. The van der Waals surface area contributed by atoms with Crippen molar-refractivity contribution in [3.05, 3.63) is 70.2 Å². The second-order valence-electron chi connectivity index (χ2n) is 4.85. The molecule has 118 valence electrons. The number of rotatable bonds is 5. The minimum atomic E-state index is -0.412. The summed E-state index contributed by atoms with van der Waals surface area (Å²) in [5.41, 5.74) is 4.51. The first-order valence-corrected chi connectivity index (χ1v) is 7.35. The molecule has 6 heteroatoms. The molecule has 0 aliphatic rings. The van der Waals surface area contributed by atoms with E-state index >= 15 is 0 Å². The van der Waals surface area contributed by atoms with Gasteiger partial charge in [0.2, 0.25) is 0 Å². The summed E-state index contributed by atoms with van der Waals surface area (Å²) < 4.78 is 0. The van der Waals surface area contributed by atoms with Crippen molar-refractivity contribution in [3.8, 4) is 0 Å². The Morgan fingerprint density at radius 1 is 1.17 bits per heavy atom. The number of nitrogens with zero attached hydrogens (tertiary/aromatic N) is 1. The quantitative estimate of drug-likeness (QED) is 0.653. The third kappa shape index (κ3) is 5.23. The van der Waals surface area contributed by atoms with Gasteiger partial charge in [-0.1, -0.05) is 41.9 Å². The molecule has 2 N–H and O–H groups in total. The Hall–Kier alpha value is -2.66. The second-order valence-corrected chi connectivity index (χ2v) is 5.28. The van der Waals surface area contributed by atoms with Gasteiger partial charge in [-0.3, -0.25) is 9.59 Å². The molecule has 0 aliphatic heterocycles. The molecule has 0 atom stereocenters. The van der Waals surface area contributed by atoms with E-state index in [0.717, 1.165) is 11.1 Å². The van der Waals surface area contributed by atoms with Gasteiger partial charge in [-0.15, -0.1) is 0 Å². The van der Waals surface area contributed by atoms with E-state index in [4.69, 9.17) is 11.6 Å². The smallest absolute Gasteiger partial charge is 0.259 e. The fourth-order valence-electron chi connectivity index (χ4n) is 1.89. The molecule has 0 saturated heterocycles. The fourth-order valence-corrected chi connectivity index (χ4v) is 2.09. The van der Waals surface area contributed by atoms with E-state index in [9.17, 15) is 9.59 Å². The van der Waals surface area contributed by atoms with Crippen molar-refractivity contribution >= 4 is 29.6 Å². The number of benzene rings is 2. The summed E-state index contributed by atoms with van der Waals surface area (Å²) in [5.74, 6) is -0.706. The van der Waals surface area contributed by atoms with E-state index in [1.165, 1.54) is 6.21 Å². The van der Waals surface area contributed by atoms with Crippen LogP contribution in [0.4, 0.5) is 0 Å². The number of nitrogens with one attached hydrogen (secondary N) is 2. The third-order valence-corrected chi connectivity index (χ3v) is 3.29. The average Bonchev–Trinajstić information content (AvgIpc) is 2.53. The molecule has 0 spiro atoms. The summed E-state index contributed by atoms with van der Waals surface area (Å²) >= 11 is 5.85. The molecule has 0 aliphatic carbocycles. The van der Waals surface area contributed by atoms with E-state index in [0.29, 0.717) is 10.6 Å². The van der Waals surface area contributed by atoms with Crippen molar-refractivity contribution in [2.24, 2.45) is 5.10 Å². The van der Waals surface area contributed by atoms with Gasteiger partial charge in [0.1, 0.15) is 0 Å². The van der Waals surface area contributed by atoms with Gasteiger partial charge in [0.15, 0.2) is 0 Å². The van der Waals surface area contributed by atoms with Crippen LogP contribution in [0.1, 0.15) is 21.5 Å². The summed E-state index contributed by atoms with van der Waals surface area (Å²) in [7, 11) is 0. The molecule has 2 rings (SSSR count). The van der Waals surface area contributed by atoms with Gasteiger partial charge in [0, 0.05) is 10.6 Å². The molecular weight excluding hydrogens is 314 g/mol. The van der Waals surface area contributed by atoms with Crippen LogP contribution in [0.2, 0.25) is 5.02 Å². The summed E-state index contributed by atoms with van der Waals surface area (Å²) in [5, 5.41) is 6.96. The molecule has 5 nitrogen and oxygen atoms in total. The van der Waals surface area contributed by atoms with E-state index in [1.54, 1.807) is 30.3 Å². The van der Waals surface area contributed by atoms with Crippen LogP contribution in [0, 0.1) is 6.92 Å². The minimum absolute atomic E-state index is 0.153. The number of halogens is 1. The largest absolute Gasteiger partial charge is 0.343 e. The molecule has 0 saturated carbocycles. The number of hydrazone groups is 1. The Labute approximate surface area is 139 Å². The SMILES string of the molecule is Cc1ccccc1C(=O)NCC(=O)N/N=C\c1cccc(Cl)c1. The van der Waals surface area contributed by atoms with Crippen molar-refractivity contribution in [3.63, 3.8) is 0 Å². The van der Waals surface area contributed by atoms with E-state index in [-0.39, 0.29) is 12.5 Å². The Balaban J connectivity index is 1.81. The van der Waals surface area contributed by atoms with Crippen LogP contribution in [-0.4, -0.2) is 24.6 Å². The van der Waals surface area contributed by atoms with Gasteiger partial charge in [-0.05, 0) is 36.2 Å². The monoisotopic (exact) mass is 329 g/mol. The van der Waals surface area contributed by atoms with E-state index < -0.39 is 5.91 Å². The minimum Gasteiger partial charge on any atom is -0.343 e. The van der Waals surface area contributed by atoms with Crippen LogP contribution >= 0.6 is 11.6 Å². The zero-order valence-electron chi connectivity index (χ0n) is 12.5. The lowest BCUT2D eigenvalue weighted by Gasteiger charge is -2.06. The Bertz CT molecular complexity index is 744. The van der Waals surface area contributed by atoms with Gasteiger partial charge in [0.25, 0.3) is 11.8 Å². The number of amides is 2. The molecule has 0 fully saturated rings. The summed E-state index contributed by atoms with van der Waals surface area (Å²) in [6, 6.07) is 14.2. The molecule has 23 heavy (non-hydrogen) atoms. The molecule has 0 radical (unpaired) electrons. The highest BCUT2D eigenvalue weighted by molar-refractivity contribution is 6.30. The maximum absolute atomic E-state index is 12.0. The van der Waals surface area contributed by atoms with Crippen molar-refractivity contribution in [2.45, 2.75) is 6.92 Å². The van der Waals surface area contributed by atoms with Gasteiger partial charge >= 0.3 is 0 Å². The Kier molecular flexibility index (Phi) is 5.88. The molecule has 0 aromatic heterocycles. The lowest BCUT2D eigenvalue weighted by atomic mass is 10.1. The molecule has 2 amide bonds. The first-order valence-electron chi connectivity index (χ1n) is 6.97. The lowest BCUT2D eigenvalue weighted by molar-refractivity contribution is -0.120. The molecule has 2 aromatic rings. The van der Waals surface area contributed by atoms with Crippen LogP contribution in [0.3, 0.4) is 0 Å². The summed E-state index contributed by atoms with van der Waals surface area (Å²) in [4.78, 5) is 23.6. The standard InChI is InChI=1S/C17H16ClN3O2/c1-12-5-2-3-8-15(12)17(23)19-11-16(22)21-20-10-13-6-4-7-14(18)9-13/h2-10H,11H2,1H3,(H,19,23)(H,21,22)/b20-10-. The average molecular weight is 330 g/mol. The normalized spacial score (nSPS) is 10.5. The first-order chi connectivity index (χ1) is 11.1. The van der Waals surface area contributed by atoms with Gasteiger partial charge < -0.3 is 5.32 Å². The van der Waals surface area contributed by atoms with Crippen LogP contribution in [0.5, 0.6) is 0 Å². The Morgan fingerprint density at radius 3 is 2.70 bits per heavy atom. The second kappa shape index (κ2) is 8.10. The van der Waals surface area contributed by atoms with E-state index in [2.05, 4.69) is 15.8 Å². The number of carbonyl (C=O) groups is 2. The predicted octanol–water partition coefficient (Wildman–Crippen LogP) is 2.53. The van der Waals surface area contributed by atoms with E-state index in [1.807, 2.05) is 25.1 Å². The van der Waals surface area contributed by atoms with Crippen LogP contribution in [0.25, 0.3) is 0 Å². The highest BCUT2D eigenvalue weighted by atomic mass is 35.5. The van der Waals surface area contributed by atoms with Crippen molar-refractivity contribution < 1.29 is 9.59 Å². The Morgan fingerprint density at radius 2 is 1.96 bits per heavy atom. The van der Waals surface area contributed by atoms with Crippen molar-refractivity contribution in [2.75, 3.05) is 6.54 Å². The van der Waals surface area contributed by atoms with Crippen LogP contribution in [-0.2, 0) is 4.79 Å². The lowest BCUT2D eigenvalue weighted by Crippen LogP contribution is -2.35. The number of hydrogen-bond acceptors (Lipinski definition) is 3. The number of aryl methyl sites for hydroxylation is 1. The molecule has 0 bridgehead atoms. The van der Waals surface area contributed by atoms with Gasteiger partial charge in [-0.25, -0.2) is 5.43 Å². The topological polar surface area (TPSA) is 70.6 Å². The van der Waals surface area contributed by atoms with Gasteiger partial charge in [-0.2, -0.15) is 5.10 Å². The van der Waals surface area contributed by atoms with Gasteiger partial charge in [0.05, 0.1) is 12.8 Å². The first kappa shape index (κ1) is 16.7. The molecular formula is C17H16ClN3O2. The molecule has 2 aromatic carbocycles. The predicted molar refractivity (Wildman–Crippen MR) is 90.7 cm³/mol. The summed E-state index contributed by atoms with van der Waals surface area (Å²) in [6.07, 6.45) is 1.48. The molecule has 0 heterocycles. The maximum Gasteiger partial charge on any atom is 0.259 e. The third-order valence-electron chi connectivity index (χ3n) is 3.05. The zero-order valence-corrected chi connectivity index (χ0v) is 13.3. The number of carbonyl (C=O) groups excluding carboxylic acids is 2. The highest BCUT2D eigenvalue weighted by Gasteiger charge is 2.09. The number of hydrogen-bond donors (Lipinski definition) is 2. The van der Waals surface area contributed by atoms with Crippen molar-refractivity contribution in [1.82, 2.24) is 10.7 Å². The highest BCUT2D eigenvalue weighted by Crippen LogP contribution is 2.08. The van der Waals surface area contributed by atoms with Crippen LogP contribution in [0.15, 0.2) is 53.6 Å². The summed E-state index contributed by atoms with van der Waals surface area (Å²) in [6.45, 7) is 1.68. The zero-order chi connectivity index (χ0) is 16.7.